The Hall–Kier alpha value is -5.59. The molecule has 1 atom stereocenters. The van der Waals surface area contributed by atoms with Gasteiger partial charge in [0, 0.05) is 27.1 Å². The van der Waals surface area contributed by atoms with Crippen LogP contribution in [-0.4, -0.2) is 48.8 Å². The fourth-order valence-corrected chi connectivity index (χ4v) is 6.65. The summed E-state index contributed by atoms with van der Waals surface area (Å²) in [6.45, 7) is 4.37. The van der Waals surface area contributed by atoms with Gasteiger partial charge in [-0.25, -0.2) is 4.98 Å². The lowest BCUT2D eigenvalue weighted by molar-refractivity contribution is -0.116. The van der Waals surface area contributed by atoms with Gasteiger partial charge in [0.15, 0.2) is 16.6 Å². The number of nitrogens with one attached hydrogen (secondary N) is 3. The molecule has 0 fully saturated rings. The van der Waals surface area contributed by atoms with E-state index in [1.54, 1.807) is 74.9 Å². The highest BCUT2D eigenvalue weighted by atomic mass is 32.2. The molecule has 10 nitrogen and oxygen atoms in total. The molecular formula is C39H38N4O6S2. The predicted octanol–water partition coefficient (Wildman–Crippen LogP) is 8.15. The van der Waals surface area contributed by atoms with Crippen molar-refractivity contribution in [3.63, 3.8) is 0 Å². The van der Waals surface area contributed by atoms with Gasteiger partial charge in [-0.3, -0.25) is 14.4 Å². The van der Waals surface area contributed by atoms with Gasteiger partial charge < -0.3 is 30.2 Å². The molecule has 4 aromatic carbocycles. The standard InChI is InChI=1S/C39H38N4O6S2/c1-5-35(38(46)43-39-42-32(24-50-39)27-17-20-33(47-3)34(22-27)48-4)51-30-14-10-13-28(23-30)40-37(45)31(41-36(44)26-11-8-7-9-12-26)21-25-15-18-29(19-16-25)49-6-2/h7-24,35H,5-6H2,1-4H3,(H,40,45)(H,41,44)(H,42,43,46)/b31-21+. The molecule has 3 N–H and O–H groups in total. The van der Waals surface area contributed by atoms with Gasteiger partial charge in [-0.2, -0.15) is 0 Å². The van der Waals surface area contributed by atoms with Crippen molar-refractivity contribution in [2.45, 2.75) is 30.4 Å². The molecule has 1 unspecified atom stereocenters. The molecule has 0 aliphatic carbocycles. The van der Waals surface area contributed by atoms with Crippen LogP contribution < -0.4 is 30.2 Å². The van der Waals surface area contributed by atoms with Crippen molar-refractivity contribution < 1.29 is 28.6 Å². The monoisotopic (exact) mass is 722 g/mol. The van der Waals surface area contributed by atoms with Crippen LogP contribution in [0.2, 0.25) is 0 Å². The zero-order valence-corrected chi connectivity index (χ0v) is 30.2. The molecule has 0 aliphatic heterocycles. The van der Waals surface area contributed by atoms with Crippen molar-refractivity contribution in [1.82, 2.24) is 10.3 Å². The zero-order valence-electron chi connectivity index (χ0n) is 28.6. The van der Waals surface area contributed by atoms with Crippen LogP contribution in [0, 0.1) is 0 Å². The van der Waals surface area contributed by atoms with Gasteiger partial charge in [0.2, 0.25) is 5.91 Å². The summed E-state index contributed by atoms with van der Waals surface area (Å²) in [6, 6.07) is 28.7. The number of carbonyl (C=O) groups excluding carboxylic acids is 3. The van der Waals surface area contributed by atoms with Crippen LogP contribution >= 0.6 is 23.1 Å². The summed E-state index contributed by atoms with van der Waals surface area (Å²) < 4.78 is 16.3. The number of methoxy groups -OCH3 is 2. The lowest BCUT2D eigenvalue weighted by atomic mass is 10.1. The predicted molar refractivity (Wildman–Crippen MR) is 204 cm³/mol. The van der Waals surface area contributed by atoms with E-state index < -0.39 is 17.1 Å². The van der Waals surface area contributed by atoms with Gasteiger partial charge >= 0.3 is 0 Å². The Morgan fingerprint density at radius 2 is 1.63 bits per heavy atom. The van der Waals surface area contributed by atoms with Gasteiger partial charge in [-0.05, 0) is 85.6 Å². The third-order valence-electron chi connectivity index (χ3n) is 7.48. The van der Waals surface area contributed by atoms with E-state index in [1.165, 1.54) is 23.1 Å². The molecule has 262 valence electrons. The number of amides is 3. The third-order valence-corrected chi connectivity index (χ3v) is 9.59. The molecule has 0 radical (unpaired) electrons. The van der Waals surface area contributed by atoms with E-state index in [-0.39, 0.29) is 11.6 Å². The fraction of sp³-hybridized carbons (Fsp3) is 0.179. The zero-order chi connectivity index (χ0) is 36.2. The summed E-state index contributed by atoms with van der Waals surface area (Å²) in [5.41, 5.74) is 3.23. The maximum absolute atomic E-state index is 13.6. The Bertz CT molecular complexity index is 2000. The number of benzene rings is 4. The average Bonchev–Trinajstić information content (AvgIpc) is 3.62. The molecule has 0 spiro atoms. The van der Waals surface area contributed by atoms with E-state index in [1.807, 2.05) is 61.7 Å². The lowest BCUT2D eigenvalue weighted by Gasteiger charge is -2.15. The van der Waals surface area contributed by atoms with E-state index in [0.717, 1.165) is 10.5 Å². The highest BCUT2D eigenvalue weighted by Gasteiger charge is 2.21. The van der Waals surface area contributed by atoms with E-state index in [4.69, 9.17) is 14.2 Å². The minimum Gasteiger partial charge on any atom is -0.494 e. The molecule has 1 heterocycles. The van der Waals surface area contributed by atoms with E-state index in [0.29, 0.717) is 57.9 Å². The molecular weight excluding hydrogens is 685 g/mol. The number of rotatable bonds is 15. The minimum atomic E-state index is -0.505. The molecule has 0 aliphatic rings. The van der Waals surface area contributed by atoms with Crippen LogP contribution in [-0.2, 0) is 9.59 Å². The molecule has 12 heteroatoms. The first-order valence-corrected chi connectivity index (χ1v) is 17.9. The van der Waals surface area contributed by atoms with Gasteiger partial charge in [0.25, 0.3) is 11.8 Å². The fourth-order valence-electron chi connectivity index (χ4n) is 4.91. The number of nitrogens with zero attached hydrogens (tertiary/aromatic N) is 1. The normalized spacial score (nSPS) is 11.6. The summed E-state index contributed by atoms with van der Waals surface area (Å²) in [7, 11) is 3.16. The van der Waals surface area contributed by atoms with Crippen LogP contribution in [0.15, 0.2) is 113 Å². The molecule has 5 aromatic rings. The smallest absolute Gasteiger partial charge is 0.272 e. The van der Waals surface area contributed by atoms with Crippen LogP contribution in [0.3, 0.4) is 0 Å². The number of hydrogen-bond acceptors (Lipinski definition) is 9. The number of anilines is 2. The highest BCUT2D eigenvalue weighted by Crippen LogP contribution is 2.34. The van der Waals surface area contributed by atoms with E-state index >= 15 is 0 Å². The van der Waals surface area contributed by atoms with Crippen LogP contribution in [0.5, 0.6) is 17.2 Å². The third kappa shape index (κ3) is 9.99. The van der Waals surface area contributed by atoms with Gasteiger partial charge in [-0.1, -0.05) is 43.3 Å². The Balaban J connectivity index is 1.27. The molecule has 5 rings (SSSR count). The summed E-state index contributed by atoms with van der Waals surface area (Å²) in [5, 5.41) is 10.5. The summed E-state index contributed by atoms with van der Waals surface area (Å²) >= 11 is 2.72. The first-order chi connectivity index (χ1) is 24.8. The SMILES string of the molecule is CCOc1ccc(/C=C(/NC(=O)c2ccccc2)C(=O)Nc2cccc(SC(CC)C(=O)Nc3nc(-c4ccc(OC)c(OC)c4)cs3)c2)cc1. The Morgan fingerprint density at radius 1 is 0.863 bits per heavy atom. The Labute approximate surface area is 305 Å². The number of ether oxygens (including phenoxy) is 3. The molecule has 51 heavy (non-hydrogen) atoms. The lowest BCUT2D eigenvalue weighted by Crippen LogP contribution is -2.30. The summed E-state index contributed by atoms with van der Waals surface area (Å²) in [5.74, 6) is 0.801. The number of aromatic nitrogens is 1. The van der Waals surface area contributed by atoms with Crippen molar-refractivity contribution >= 4 is 57.7 Å². The molecule has 0 bridgehead atoms. The van der Waals surface area contributed by atoms with Gasteiger partial charge in [0.05, 0.1) is 31.8 Å². The summed E-state index contributed by atoms with van der Waals surface area (Å²) in [6.07, 6.45) is 2.17. The van der Waals surface area contributed by atoms with Crippen molar-refractivity contribution in [3.8, 4) is 28.5 Å². The Kier molecular flexibility index (Phi) is 12.9. The van der Waals surface area contributed by atoms with Crippen LogP contribution in [0.4, 0.5) is 10.8 Å². The average molecular weight is 723 g/mol. The van der Waals surface area contributed by atoms with Crippen molar-refractivity contribution in [2.75, 3.05) is 31.5 Å². The topological polar surface area (TPSA) is 128 Å². The maximum Gasteiger partial charge on any atom is 0.272 e. The summed E-state index contributed by atoms with van der Waals surface area (Å²) in [4.78, 5) is 45.4. The van der Waals surface area contributed by atoms with Gasteiger partial charge in [-0.15, -0.1) is 23.1 Å². The van der Waals surface area contributed by atoms with Crippen molar-refractivity contribution in [1.29, 1.82) is 0 Å². The Morgan fingerprint density at radius 3 is 2.33 bits per heavy atom. The second-order valence-corrected chi connectivity index (χ2v) is 13.1. The largest absolute Gasteiger partial charge is 0.494 e. The first kappa shape index (κ1) is 36.7. The van der Waals surface area contributed by atoms with Gasteiger partial charge in [0.1, 0.15) is 11.4 Å². The van der Waals surface area contributed by atoms with Crippen molar-refractivity contribution in [3.05, 3.63) is 119 Å². The molecule has 1 aromatic heterocycles. The quantitative estimate of drug-likeness (QED) is 0.0730. The molecule has 0 saturated heterocycles. The van der Waals surface area contributed by atoms with Crippen molar-refractivity contribution in [2.24, 2.45) is 0 Å². The van der Waals surface area contributed by atoms with Crippen LogP contribution in [0.25, 0.3) is 17.3 Å². The number of thiazole rings is 1. The number of thioether (sulfide) groups is 1. The van der Waals surface area contributed by atoms with E-state index in [9.17, 15) is 14.4 Å². The molecule has 3 amide bonds. The number of carbonyl (C=O) groups is 3. The second-order valence-electron chi connectivity index (χ2n) is 11.0. The second kappa shape index (κ2) is 17.9. The highest BCUT2D eigenvalue weighted by molar-refractivity contribution is 8.00. The molecule has 0 saturated carbocycles. The number of hydrogen-bond donors (Lipinski definition) is 3. The van der Waals surface area contributed by atoms with Crippen LogP contribution in [0.1, 0.15) is 36.2 Å². The van der Waals surface area contributed by atoms with E-state index in [2.05, 4.69) is 20.9 Å². The maximum atomic E-state index is 13.6. The minimum absolute atomic E-state index is 0.0628. The first-order valence-electron chi connectivity index (χ1n) is 16.2.